The van der Waals surface area contributed by atoms with Crippen molar-refractivity contribution in [3.63, 3.8) is 0 Å². The van der Waals surface area contributed by atoms with E-state index in [0.717, 1.165) is 11.3 Å². The Morgan fingerprint density at radius 3 is 2.73 bits per heavy atom. The molecule has 2 bridgehead atoms. The Bertz CT molecular complexity index is 903. The molecule has 26 heavy (non-hydrogen) atoms. The van der Waals surface area contributed by atoms with Gasteiger partial charge in [-0.05, 0) is 61.1 Å². The van der Waals surface area contributed by atoms with Crippen molar-refractivity contribution >= 4 is 34.8 Å². The monoisotopic (exact) mass is 388 g/mol. The lowest BCUT2D eigenvalue weighted by molar-refractivity contribution is -0.122. The van der Waals surface area contributed by atoms with Crippen LogP contribution in [-0.4, -0.2) is 23.1 Å². The number of rotatable bonds is 3. The molecule has 1 aliphatic carbocycles. The van der Waals surface area contributed by atoms with E-state index in [4.69, 9.17) is 27.9 Å². The molecule has 1 saturated carbocycles. The van der Waals surface area contributed by atoms with Crippen LogP contribution in [0.1, 0.15) is 23.6 Å². The molecule has 3 heterocycles. The number of ether oxygens (including phenoxy) is 1. The van der Waals surface area contributed by atoms with Gasteiger partial charge in [0, 0.05) is 23.5 Å². The van der Waals surface area contributed by atoms with Crippen molar-refractivity contribution in [1.29, 1.82) is 0 Å². The molecule has 0 unspecified atom stereocenters. The second-order valence-corrected chi connectivity index (χ2v) is 8.34. The fourth-order valence-electron chi connectivity index (χ4n) is 4.77. The highest BCUT2D eigenvalue weighted by molar-refractivity contribution is 6.42. The van der Waals surface area contributed by atoms with Crippen LogP contribution in [0, 0.1) is 24.7 Å². The Morgan fingerprint density at radius 1 is 1.15 bits per heavy atom. The smallest absolute Gasteiger partial charge is 0.230 e. The number of carbonyl (C=O) groups excluding carboxylic acids is 1. The fraction of sp³-hybridized carbons (Fsp3) is 0.400. The summed E-state index contributed by atoms with van der Waals surface area (Å²) in [6.45, 7) is 1.97. The van der Waals surface area contributed by atoms with E-state index in [9.17, 15) is 4.79 Å². The zero-order valence-electron chi connectivity index (χ0n) is 14.2. The van der Waals surface area contributed by atoms with Crippen molar-refractivity contribution in [3.05, 3.63) is 57.8 Å². The van der Waals surface area contributed by atoms with Gasteiger partial charge in [0.2, 0.25) is 5.91 Å². The van der Waals surface area contributed by atoms with Crippen LogP contribution in [-0.2, 0) is 9.53 Å². The third kappa shape index (κ3) is 2.55. The largest absolute Gasteiger partial charge is 0.373 e. The van der Waals surface area contributed by atoms with Crippen molar-refractivity contribution in [2.45, 2.75) is 31.5 Å². The fourth-order valence-corrected chi connectivity index (χ4v) is 5.07. The summed E-state index contributed by atoms with van der Waals surface area (Å²) in [7, 11) is 0. The molecule has 2 saturated heterocycles. The molecule has 0 spiro atoms. The van der Waals surface area contributed by atoms with Gasteiger partial charge in [-0.2, -0.15) is 0 Å². The van der Waals surface area contributed by atoms with Gasteiger partial charge in [-0.3, -0.25) is 9.78 Å². The number of anilines is 1. The Morgan fingerprint density at radius 2 is 1.96 bits per heavy atom. The lowest BCUT2D eigenvalue weighted by Crippen LogP contribution is -2.37. The van der Waals surface area contributed by atoms with E-state index in [1.807, 2.05) is 19.2 Å². The molecular formula is C20H18Cl2N2O2. The molecule has 4 nitrogen and oxygen atoms in total. The first-order valence-corrected chi connectivity index (χ1v) is 9.62. The number of halogens is 2. The normalized spacial score (nSPS) is 33.8. The highest BCUT2D eigenvalue weighted by Gasteiger charge is 2.68. The summed E-state index contributed by atoms with van der Waals surface area (Å²) in [5.41, 5.74) is 2.76. The molecule has 0 radical (unpaired) electrons. The minimum absolute atomic E-state index is 0.00578. The van der Waals surface area contributed by atoms with Crippen molar-refractivity contribution < 1.29 is 9.53 Å². The number of fused-ring (bicyclic) bond motifs is 5. The number of benzene rings is 1. The first kappa shape index (κ1) is 16.5. The molecule has 6 atom stereocenters. The molecule has 3 fully saturated rings. The summed E-state index contributed by atoms with van der Waals surface area (Å²) in [5, 5.41) is 3.91. The first-order valence-electron chi connectivity index (χ1n) is 8.87. The van der Waals surface area contributed by atoms with Gasteiger partial charge in [0.1, 0.15) is 0 Å². The Kier molecular flexibility index (Phi) is 3.78. The van der Waals surface area contributed by atoms with Crippen LogP contribution in [0.25, 0.3) is 0 Å². The van der Waals surface area contributed by atoms with Crippen LogP contribution in [0.15, 0.2) is 36.5 Å². The summed E-state index contributed by atoms with van der Waals surface area (Å²) in [5.74, 6) is 1.00. The number of hydrogen-bond donors (Lipinski definition) is 1. The summed E-state index contributed by atoms with van der Waals surface area (Å²) < 4.78 is 6.23. The van der Waals surface area contributed by atoms with Gasteiger partial charge in [-0.15, -0.1) is 0 Å². The quantitative estimate of drug-likeness (QED) is 0.844. The van der Waals surface area contributed by atoms with Crippen molar-refractivity contribution in [3.8, 4) is 0 Å². The maximum atomic E-state index is 13.2. The SMILES string of the molecule is Cc1cc([C@H]2[C@H]3O[C@H]([C@@H]4C[C@@H]43)[C@H]2C(=O)Nc2ccc(Cl)c(Cl)c2)ccn1. The van der Waals surface area contributed by atoms with Gasteiger partial charge in [-0.1, -0.05) is 23.2 Å². The highest BCUT2D eigenvalue weighted by atomic mass is 35.5. The predicted molar refractivity (Wildman–Crippen MR) is 101 cm³/mol. The second kappa shape index (κ2) is 5.95. The summed E-state index contributed by atoms with van der Waals surface area (Å²) in [4.78, 5) is 17.4. The van der Waals surface area contributed by atoms with Gasteiger partial charge in [-0.25, -0.2) is 0 Å². The number of aryl methyl sites for hydroxylation is 1. The summed E-state index contributed by atoms with van der Waals surface area (Å²) in [6.07, 6.45) is 3.13. The van der Waals surface area contributed by atoms with Crippen molar-refractivity contribution in [2.24, 2.45) is 17.8 Å². The number of hydrogen-bond acceptors (Lipinski definition) is 3. The van der Waals surface area contributed by atoms with Gasteiger partial charge < -0.3 is 10.1 Å². The van der Waals surface area contributed by atoms with E-state index in [-0.39, 0.29) is 30.0 Å². The van der Waals surface area contributed by atoms with Crippen LogP contribution >= 0.6 is 23.2 Å². The molecular weight excluding hydrogens is 371 g/mol. The maximum Gasteiger partial charge on any atom is 0.230 e. The Balaban J connectivity index is 1.45. The molecule has 3 aliphatic rings. The molecule has 1 N–H and O–H groups in total. The number of pyridine rings is 1. The first-order chi connectivity index (χ1) is 12.5. The molecule has 5 rings (SSSR count). The number of amides is 1. The zero-order valence-corrected chi connectivity index (χ0v) is 15.7. The minimum Gasteiger partial charge on any atom is -0.373 e. The summed E-state index contributed by atoms with van der Waals surface area (Å²) >= 11 is 12.0. The minimum atomic E-state index is -0.194. The average molecular weight is 389 g/mol. The number of nitrogens with one attached hydrogen (secondary N) is 1. The maximum absolute atomic E-state index is 13.2. The molecule has 1 aromatic carbocycles. The zero-order chi connectivity index (χ0) is 18.0. The van der Waals surface area contributed by atoms with Crippen LogP contribution in [0.3, 0.4) is 0 Å². The van der Waals surface area contributed by atoms with E-state index >= 15 is 0 Å². The Hall–Kier alpha value is -1.62. The lowest BCUT2D eigenvalue weighted by Gasteiger charge is -2.27. The van der Waals surface area contributed by atoms with Gasteiger partial charge in [0.25, 0.3) is 0 Å². The average Bonchev–Trinajstić information content (AvgIpc) is 3.22. The summed E-state index contributed by atoms with van der Waals surface area (Å²) in [6, 6.07) is 9.23. The Labute approximate surface area is 161 Å². The third-order valence-electron chi connectivity index (χ3n) is 5.94. The van der Waals surface area contributed by atoms with Gasteiger partial charge >= 0.3 is 0 Å². The number of carbonyl (C=O) groups is 1. The highest BCUT2D eigenvalue weighted by Crippen LogP contribution is 2.65. The van der Waals surface area contributed by atoms with E-state index in [1.165, 1.54) is 6.42 Å². The van der Waals surface area contributed by atoms with Crippen molar-refractivity contribution in [2.75, 3.05) is 5.32 Å². The van der Waals surface area contributed by atoms with Gasteiger partial charge in [0.15, 0.2) is 0 Å². The molecule has 1 amide bonds. The van der Waals surface area contributed by atoms with E-state index in [0.29, 0.717) is 27.6 Å². The number of aromatic nitrogens is 1. The van der Waals surface area contributed by atoms with E-state index in [2.05, 4.69) is 16.4 Å². The second-order valence-electron chi connectivity index (χ2n) is 7.53. The topological polar surface area (TPSA) is 51.2 Å². The molecule has 1 aromatic heterocycles. The van der Waals surface area contributed by atoms with Crippen LogP contribution in [0.5, 0.6) is 0 Å². The lowest BCUT2D eigenvalue weighted by atomic mass is 9.75. The van der Waals surface area contributed by atoms with Crippen LogP contribution in [0.2, 0.25) is 10.0 Å². The molecule has 2 aromatic rings. The van der Waals surface area contributed by atoms with E-state index < -0.39 is 0 Å². The van der Waals surface area contributed by atoms with Crippen LogP contribution < -0.4 is 5.32 Å². The molecule has 134 valence electrons. The van der Waals surface area contributed by atoms with Crippen molar-refractivity contribution in [1.82, 2.24) is 4.98 Å². The molecule has 6 heteroatoms. The van der Waals surface area contributed by atoms with E-state index in [1.54, 1.807) is 18.2 Å². The third-order valence-corrected chi connectivity index (χ3v) is 6.68. The standard InChI is InChI=1S/C20H18Cl2N2O2/c1-9-6-10(4-5-23-9)16-17(19-13-8-12(13)18(16)26-19)20(25)24-11-2-3-14(21)15(22)7-11/h2-7,12-13,16-19H,8H2,1H3,(H,24,25)/t12-,13+,16+,17-,18-,19+/m0/s1. The molecule has 2 aliphatic heterocycles. The van der Waals surface area contributed by atoms with Gasteiger partial charge in [0.05, 0.1) is 28.2 Å². The van der Waals surface area contributed by atoms with Crippen LogP contribution in [0.4, 0.5) is 5.69 Å². The number of nitrogens with zero attached hydrogens (tertiary/aromatic N) is 1. The predicted octanol–water partition coefficient (Wildman–Crippen LogP) is 4.45.